The molecule has 1 atom stereocenters. The zero-order chi connectivity index (χ0) is 14.0. The maximum Gasteiger partial charge on any atom is 0.277 e. The first kappa shape index (κ1) is 13.0. The number of carbonyl (C=O) groups excluding carboxylic acids is 1. The Hall–Kier alpha value is -2.44. The third-order valence-corrected chi connectivity index (χ3v) is 2.97. The van der Waals surface area contributed by atoms with Crippen molar-refractivity contribution in [2.75, 3.05) is 0 Å². The third kappa shape index (κ3) is 2.54. The summed E-state index contributed by atoms with van der Waals surface area (Å²) in [5, 5.41) is 8.85. The van der Waals surface area contributed by atoms with Crippen molar-refractivity contribution in [2.24, 2.45) is 0 Å². The minimum atomic E-state index is -0.493. The van der Waals surface area contributed by atoms with Gasteiger partial charge in [-0.15, -0.1) is 0 Å². The number of hydrogen-bond acceptors (Lipinski definition) is 4. The van der Waals surface area contributed by atoms with E-state index in [1.165, 1.54) is 0 Å². The quantitative estimate of drug-likeness (QED) is 0.752. The summed E-state index contributed by atoms with van der Waals surface area (Å²) in [6.07, 6.45) is 3.28. The molecule has 2 heterocycles. The molecule has 100 valence electrons. The van der Waals surface area contributed by atoms with Gasteiger partial charge in [0, 0.05) is 12.4 Å². The number of H-pyrrole nitrogens is 2. The number of nitrogens with one attached hydrogen (secondary N) is 3. The van der Waals surface area contributed by atoms with Crippen LogP contribution in [0.5, 0.6) is 0 Å². The highest BCUT2D eigenvalue weighted by Crippen LogP contribution is 2.09. The predicted octanol–water partition coefficient (Wildman–Crippen LogP) is 0.601. The largest absolute Gasteiger partial charge is 0.347 e. The Morgan fingerprint density at radius 1 is 1.42 bits per heavy atom. The molecule has 0 aliphatic carbocycles. The number of hydrogen-bond donors (Lipinski definition) is 3. The molecule has 0 saturated carbocycles. The van der Waals surface area contributed by atoms with Crippen LogP contribution in [0.3, 0.4) is 0 Å². The van der Waals surface area contributed by atoms with E-state index in [1.54, 1.807) is 33.2 Å². The van der Waals surface area contributed by atoms with Gasteiger partial charge in [-0.05, 0) is 26.3 Å². The monoisotopic (exact) mass is 261 g/mol. The lowest BCUT2D eigenvalue weighted by Gasteiger charge is -2.12. The smallest absolute Gasteiger partial charge is 0.277 e. The molecule has 19 heavy (non-hydrogen) atoms. The maximum atomic E-state index is 12.1. The molecule has 0 aromatic carbocycles. The van der Waals surface area contributed by atoms with Crippen molar-refractivity contribution < 1.29 is 4.79 Å². The molecule has 2 aromatic heterocycles. The van der Waals surface area contributed by atoms with E-state index in [9.17, 15) is 9.59 Å². The van der Waals surface area contributed by atoms with Gasteiger partial charge in [0.1, 0.15) is 11.4 Å². The van der Waals surface area contributed by atoms with Crippen LogP contribution < -0.4 is 10.9 Å². The number of aryl methyl sites for hydroxylation is 1. The van der Waals surface area contributed by atoms with Crippen molar-refractivity contribution >= 4 is 5.91 Å². The number of carbonyl (C=O) groups is 1. The second-order valence-corrected chi connectivity index (χ2v) is 4.31. The molecule has 7 heteroatoms. The van der Waals surface area contributed by atoms with Crippen LogP contribution in [0.25, 0.3) is 0 Å². The van der Waals surface area contributed by atoms with E-state index in [-0.39, 0.29) is 11.6 Å². The van der Waals surface area contributed by atoms with Gasteiger partial charge in [-0.25, -0.2) is 10.1 Å². The highest BCUT2D eigenvalue weighted by Gasteiger charge is 2.19. The topological polar surface area (TPSA) is 104 Å². The molecular formula is C12H15N5O2. The first-order chi connectivity index (χ1) is 9.00. The van der Waals surface area contributed by atoms with Crippen LogP contribution >= 0.6 is 0 Å². The first-order valence-electron chi connectivity index (χ1n) is 5.86. The fourth-order valence-corrected chi connectivity index (χ4v) is 1.75. The van der Waals surface area contributed by atoms with Crippen LogP contribution in [-0.2, 0) is 0 Å². The van der Waals surface area contributed by atoms with Crippen molar-refractivity contribution in [1.29, 1.82) is 0 Å². The van der Waals surface area contributed by atoms with Crippen molar-refractivity contribution in [2.45, 2.75) is 26.8 Å². The Morgan fingerprint density at radius 3 is 2.79 bits per heavy atom. The van der Waals surface area contributed by atoms with E-state index < -0.39 is 11.5 Å². The highest BCUT2D eigenvalue weighted by molar-refractivity contribution is 5.95. The van der Waals surface area contributed by atoms with E-state index in [0.717, 1.165) is 0 Å². The van der Waals surface area contributed by atoms with Gasteiger partial charge in [-0.3, -0.25) is 9.59 Å². The number of aromatic nitrogens is 4. The zero-order valence-corrected chi connectivity index (χ0v) is 10.9. The third-order valence-electron chi connectivity index (χ3n) is 2.97. The van der Waals surface area contributed by atoms with E-state index in [0.29, 0.717) is 17.1 Å². The van der Waals surface area contributed by atoms with Gasteiger partial charge >= 0.3 is 0 Å². The maximum absolute atomic E-state index is 12.1. The summed E-state index contributed by atoms with van der Waals surface area (Å²) < 4.78 is 0. The van der Waals surface area contributed by atoms with Gasteiger partial charge in [0.05, 0.1) is 11.7 Å². The van der Waals surface area contributed by atoms with E-state index in [4.69, 9.17) is 0 Å². The van der Waals surface area contributed by atoms with Gasteiger partial charge < -0.3 is 10.3 Å². The Kier molecular flexibility index (Phi) is 3.46. The fraction of sp³-hybridized carbons (Fsp3) is 0.333. The van der Waals surface area contributed by atoms with Crippen LogP contribution in [-0.4, -0.2) is 26.1 Å². The number of nitrogens with zero attached hydrogens (tertiary/aromatic N) is 2. The lowest BCUT2D eigenvalue weighted by Crippen LogP contribution is -2.33. The molecular weight excluding hydrogens is 246 g/mol. The molecule has 0 bridgehead atoms. The second-order valence-electron chi connectivity index (χ2n) is 4.31. The average molecular weight is 261 g/mol. The summed E-state index contributed by atoms with van der Waals surface area (Å²) in [4.78, 5) is 30.8. The highest BCUT2D eigenvalue weighted by atomic mass is 16.2. The summed E-state index contributed by atoms with van der Waals surface area (Å²) in [5.41, 5.74) is 0.793. The fourth-order valence-electron chi connectivity index (χ4n) is 1.75. The molecule has 3 N–H and O–H groups in total. The zero-order valence-electron chi connectivity index (χ0n) is 10.9. The molecule has 0 fully saturated rings. The molecule has 1 unspecified atom stereocenters. The van der Waals surface area contributed by atoms with Crippen molar-refractivity contribution in [3.8, 4) is 0 Å². The van der Waals surface area contributed by atoms with Crippen LogP contribution in [0.2, 0.25) is 0 Å². The molecule has 2 aromatic rings. The predicted molar refractivity (Wildman–Crippen MR) is 68.8 cm³/mol. The number of imidazole rings is 1. The lowest BCUT2D eigenvalue weighted by atomic mass is 10.1. The number of aromatic amines is 2. The van der Waals surface area contributed by atoms with Crippen LogP contribution in [0.15, 0.2) is 17.2 Å². The normalized spacial score (nSPS) is 12.2. The van der Waals surface area contributed by atoms with Gasteiger partial charge in [0.15, 0.2) is 0 Å². The van der Waals surface area contributed by atoms with Crippen LogP contribution in [0.4, 0.5) is 0 Å². The number of rotatable bonds is 3. The van der Waals surface area contributed by atoms with Gasteiger partial charge in [0.25, 0.3) is 11.5 Å². The SMILES string of the molecule is Cc1n[nH]c(=O)c(C(=O)NC(C)c2ncc[nH]2)c1C. The second kappa shape index (κ2) is 5.05. The molecule has 0 radical (unpaired) electrons. The molecule has 1 amide bonds. The molecule has 7 nitrogen and oxygen atoms in total. The van der Waals surface area contributed by atoms with Crippen molar-refractivity contribution in [3.63, 3.8) is 0 Å². The Morgan fingerprint density at radius 2 is 2.16 bits per heavy atom. The Labute approximate surface area is 109 Å². The summed E-state index contributed by atoms with van der Waals surface area (Å²) in [5.74, 6) is 0.196. The van der Waals surface area contributed by atoms with Crippen LogP contribution in [0, 0.1) is 13.8 Å². The van der Waals surface area contributed by atoms with Gasteiger partial charge in [-0.2, -0.15) is 5.10 Å². The molecule has 0 saturated heterocycles. The Bertz CT molecular complexity index is 645. The minimum absolute atomic E-state index is 0.0888. The van der Waals surface area contributed by atoms with E-state index >= 15 is 0 Å². The molecule has 2 rings (SSSR count). The minimum Gasteiger partial charge on any atom is -0.347 e. The summed E-state index contributed by atoms with van der Waals surface area (Å²) in [6.45, 7) is 5.22. The van der Waals surface area contributed by atoms with Gasteiger partial charge in [0.2, 0.25) is 0 Å². The summed E-state index contributed by atoms with van der Waals surface area (Å²) >= 11 is 0. The van der Waals surface area contributed by atoms with E-state index in [2.05, 4.69) is 25.5 Å². The van der Waals surface area contributed by atoms with E-state index in [1.807, 2.05) is 0 Å². The molecule has 0 spiro atoms. The van der Waals surface area contributed by atoms with Crippen LogP contribution in [0.1, 0.15) is 40.4 Å². The summed E-state index contributed by atoms with van der Waals surface area (Å²) in [7, 11) is 0. The van der Waals surface area contributed by atoms with Crippen molar-refractivity contribution in [3.05, 3.63) is 45.4 Å². The standard InChI is InChI=1S/C12H15N5O2/c1-6-7(2)16-17-12(19)9(6)11(18)15-8(3)10-13-4-5-14-10/h4-5,8H,1-3H3,(H,13,14)(H,15,18)(H,17,19). The van der Waals surface area contributed by atoms with Crippen molar-refractivity contribution in [1.82, 2.24) is 25.5 Å². The first-order valence-corrected chi connectivity index (χ1v) is 5.86. The molecule has 0 aliphatic heterocycles. The average Bonchev–Trinajstić information content (AvgIpc) is 2.88. The molecule has 0 aliphatic rings. The number of amides is 1. The van der Waals surface area contributed by atoms with Gasteiger partial charge in [-0.1, -0.05) is 0 Å². The summed E-state index contributed by atoms with van der Waals surface area (Å²) in [6, 6.07) is -0.310. The Balaban J connectivity index is 2.26. The lowest BCUT2D eigenvalue weighted by molar-refractivity contribution is 0.0936.